The van der Waals surface area contributed by atoms with E-state index in [2.05, 4.69) is 10.6 Å². The van der Waals surface area contributed by atoms with Gasteiger partial charge in [0.1, 0.15) is 6.04 Å². The van der Waals surface area contributed by atoms with Crippen molar-refractivity contribution in [2.75, 3.05) is 23.1 Å². The highest BCUT2D eigenvalue weighted by Crippen LogP contribution is 2.16. The molecule has 1 unspecified atom stereocenters. The number of carboxylic acids is 1. The van der Waals surface area contributed by atoms with E-state index in [1.807, 2.05) is 6.26 Å². The van der Waals surface area contributed by atoms with Crippen molar-refractivity contribution in [2.45, 2.75) is 12.5 Å². The molecule has 0 aliphatic heterocycles. The van der Waals surface area contributed by atoms with Crippen LogP contribution < -0.4 is 16.4 Å². The summed E-state index contributed by atoms with van der Waals surface area (Å²) in [6.07, 6.45) is 2.25. The monoisotopic (exact) mass is 283 g/mol. The predicted molar refractivity (Wildman–Crippen MR) is 77.4 cm³/mol. The molecule has 104 valence electrons. The Bertz CT molecular complexity index is 454. The molecule has 0 radical (unpaired) electrons. The van der Waals surface area contributed by atoms with E-state index >= 15 is 0 Å². The Morgan fingerprint density at radius 1 is 1.42 bits per heavy atom. The maximum atomic E-state index is 11.7. The molecule has 0 saturated carbocycles. The standard InChI is InChI=1S/C12H17N3O3S/c1-19-7-6-10(11(16)17)15-12(18)14-9-5-3-2-4-8(9)13/h2-5,10H,6-7,13H2,1H3,(H,16,17)(H2,14,15,18). The number of carbonyl (C=O) groups excluding carboxylic acids is 1. The number of amides is 2. The lowest BCUT2D eigenvalue weighted by molar-refractivity contribution is -0.139. The van der Waals surface area contributed by atoms with E-state index < -0.39 is 18.0 Å². The SMILES string of the molecule is CSCCC(NC(=O)Nc1ccccc1N)C(=O)O. The second-order valence-corrected chi connectivity index (χ2v) is 4.84. The summed E-state index contributed by atoms with van der Waals surface area (Å²) in [6.45, 7) is 0. The molecule has 7 heteroatoms. The van der Waals surface area contributed by atoms with Gasteiger partial charge in [-0.3, -0.25) is 0 Å². The van der Waals surface area contributed by atoms with Gasteiger partial charge in [-0.1, -0.05) is 12.1 Å². The molecule has 0 heterocycles. The van der Waals surface area contributed by atoms with E-state index in [0.29, 0.717) is 23.5 Å². The molecule has 1 aromatic rings. The normalized spacial score (nSPS) is 11.6. The number of carbonyl (C=O) groups is 2. The summed E-state index contributed by atoms with van der Waals surface area (Å²) < 4.78 is 0. The van der Waals surface area contributed by atoms with Crippen LogP contribution in [0.1, 0.15) is 6.42 Å². The molecule has 1 rings (SSSR count). The van der Waals surface area contributed by atoms with Gasteiger partial charge in [0.2, 0.25) is 0 Å². The zero-order chi connectivity index (χ0) is 14.3. The highest BCUT2D eigenvalue weighted by molar-refractivity contribution is 7.98. The van der Waals surface area contributed by atoms with Crippen molar-refractivity contribution in [3.8, 4) is 0 Å². The number of hydrogen-bond acceptors (Lipinski definition) is 4. The number of nitrogens with two attached hydrogens (primary N) is 1. The van der Waals surface area contributed by atoms with Gasteiger partial charge in [0.15, 0.2) is 0 Å². The topological polar surface area (TPSA) is 104 Å². The number of urea groups is 1. The number of aliphatic carboxylic acids is 1. The smallest absolute Gasteiger partial charge is 0.326 e. The highest BCUT2D eigenvalue weighted by Gasteiger charge is 2.19. The first-order valence-electron chi connectivity index (χ1n) is 5.68. The Labute approximate surface area is 115 Å². The molecule has 0 spiro atoms. The van der Waals surface area contributed by atoms with Gasteiger partial charge in [-0.15, -0.1) is 0 Å². The van der Waals surface area contributed by atoms with E-state index in [9.17, 15) is 9.59 Å². The molecule has 0 aliphatic carbocycles. The van der Waals surface area contributed by atoms with Gasteiger partial charge in [0.05, 0.1) is 11.4 Å². The summed E-state index contributed by atoms with van der Waals surface area (Å²) in [4.78, 5) is 22.7. The van der Waals surface area contributed by atoms with Crippen molar-refractivity contribution in [2.24, 2.45) is 0 Å². The molecule has 2 amide bonds. The fourth-order valence-electron chi connectivity index (χ4n) is 1.42. The number of nitrogens with one attached hydrogen (secondary N) is 2. The van der Waals surface area contributed by atoms with Crippen molar-refractivity contribution in [3.05, 3.63) is 24.3 Å². The van der Waals surface area contributed by atoms with Gasteiger partial charge in [0.25, 0.3) is 0 Å². The van der Waals surface area contributed by atoms with Crippen LogP contribution in [0, 0.1) is 0 Å². The highest BCUT2D eigenvalue weighted by atomic mass is 32.2. The lowest BCUT2D eigenvalue weighted by atomic mass is 10.2. The number of para-hydroxylation sites is 2. The third-order valence-corrected chi connectivity index (χ3v) is 3.07. The first-order chi connectivity index (χ1) is 9.04. The molecule has 0 saturated heterocycles. The van der Waals surface area contributed by atoms with Gasteiger partial charge in [-0.25, -0.2) is 9.59 Å². The van der Waals surface area contributed by atoms with E-state index in [4.69, 9.17) is 10.8 Å². The Kier molecular flexibility index (Phi) is 6.01. The number of rotatable bonds is 6. The maximum Gasteiger partial charge on any atom is 0.326 e. The first-order valence-corrected chi connectivity index (χ1v) is 7.07. The lowest BCUT2D eigenvalue weighted by Crippen LogP contribution is -2.43. The van der Waals surface area contributed by atoms with E-state index in [0.717, 1.165) is 0 Å². The summed E-state index contributed by atoms with van der Waals surface area (Å²) in [5.41, 5.74) is 6.55. The average molecular weight is 283 g/mol. The number of benzene rings is 1. The molecule has 0 aliphatic rings. The van der Waals surface area contributed by atoms with Gasteiger partial charge < -0.3 is 21.5 Å². The summed E-state index contributed by atoms with van der Waals surface area (Å²) in [6, 6.07) is 5.29. The van der Waals surface area contributed by atoms with Crippen molar-refractivity contribution in [1.82, 2.24) is 5.32 Å². The molecule has 5 N–H and O–H groups in total. The zero-order valence-corrected chi connectivity index (χ0v) is 11.4. The number of anilines is 2. The second kappa shape index (κ2) is 7.52. The minimum Gasteiger partial charge on any atom is -0.480 e. The molecule has 6 nitrogen and oxygen atoms in total. The fourth-order valence-corrected chi connectivity index (χ4v) is 1.89. The van der Waals surface area contributed by atoms with Crippen LogP contribution in [0.25, 0.3) is 0 Å². The Balaban J connectivity index is 2.58. The number of nitrogen functional groups attached to an aromatic ring is 1. The molecule has 0 fully saturated rings. The quantitative estimate of drug-likeness (QED) is 0.594. The lowest BCUT2D eigenvalue weighted by Gasteiger charge is -2.15. The largest absolute Gasteiger partial charge is 0.480 e. The minimum atomic E-state index is -1.05. The van der Waals surface area contributed by atoms with Crippen molar-refractivity contribution >= 4 is 35.1 Å². The summed E-state index contributed by atoms with van der Waals surface area (Å²) in [5, 5.41) is 13.9. The molecule has 19 heavy (non-hydrogen) atoms. The fraction of sp³-hybridized carbons (Fsp3) is 0.333. The third-order valence-electron chi connectivity index (χ3n) is 2.42. The summed E-state index contributed by atoms with van der Waals surface area (Å²) in [7, 11) is 0. The minimum absolute atomic E-state index is 0.369. The van der Waals surface area contributed by atoms with Crippen molar-refractivity contribution < 1.29 is 14.7 Å². The maximum absolute atomic E-state index is 11.7. The van der Waals surface area contributed by atoms with Crippen LogP contribution >= 0.6 is 11.8 Å². The van der Waals surface area contributed by atoms with E-state index in [-0.39, 0.29) is 0 Å². The van der Waals surface area contributed by atoms with Gasteiger partial charge in [0, 0.05) is 0 Å². The van der Waals surface area contributed by atoms with Crippen LogP contribution in [-0.4, -0.2) is 35.2 Å². The van der Waals surface area contributed by atoms with Crippen LogP contribution in [0.4, 0.5) is 16.2 Å². The van der Waals surface area contributed by atoms with E-state index in [1.165, 1.54) is 11.8 Å². The predicted octanol–water partition coefficient (Wildman–Crippen LogP) is 1.60. The molecule has 0 bridgehead atoms. The van der Waals surface area contributed by atoms with E-state index in [1.54, 1.807) is 24.3 Å². The second-order valence-electron chi connectivity index (χ2n) is 3.86. The molecule has 0 aromatic heterocycles. The Hall–Kier alpha value is -1.89. The van der Waals surface area contributed by atoms with Gasteiger partial charge in [-0.05, 0) is 30.6 Å². The Morgan fingerprint density at radius 2 is 2.11 bits per heavy atom. The summed E-state index contributed by atoms with van der Waals surface area (Å²) >= 11 is 1.53. The molecule has 1 atom stereocenters. The molecular formula is C12H17N3O3S. The van der Waals surface area contributed by atoms with Crippen LogP contribution in [0.3, 0.4) is 0 Å². The summed E-state index contributed by atoms with van der Waals surface area (Å²) in [5.74, 6) is -0.393. The average Bonchev–Trinajstić information content (AvgIpc) is 2.37. The number of thioether (sulfide) groups is 1. The van der Waals surface area contributed by atoms with Crippen molar-refractivity contribution in [1.29, 1.82) is 0 Å². The van der Waals surface area contributed by atoms with Crippen molar-refractivity contribution in [3.63, 3.8) is 0 Å². The Morgan fingerprint density at radius 3 is 2.68 bits per heavy atom. The zero-order valence-electron chi connectivity index (χ0n) is 10.6. The van der Waals surface area contributed by atoms with Crippen LogP contribution in [0.15, 0.2) is 24.3 Å². The van der Waals surface area contributed by atoms with Gasteiger partial charge >= 0.3 is 12.0 Å². The number of carboxylic acid groups (broad SMARTS) is 1. The number of hydrogen-bond donors (Lipinski definition) is 4. The molecule has 1 aromatic carbocycles. The van der Waals surface area contributed by atoms with Crippen LogP contribution in [-0.2, 0) is 4.79 Å². The molecular weight excluding hydrogens is 266 g/mol. The third kappa shape index (κ3) is 5.09. The van der Waals surface area contributed by atoms with Crippen LogP contribution in [0.5, 0.6) is 0 Å². The first kappa shape index (κ1) is 15.2. The van der Waals surface area contributed by atoms with Crippen LogP contribution in [0.2, 0.25) is 0 Å². The van der Waals surface area contributed by atoms with Gasteiger partial charge in [-0.2, -0.15) is 11.8 Å².